The van der Waals surface area contributed by atoms with Crippen molar-refractivity contribution in [3.8, 4) is 0 Å². The van der Waals surface area contributed by atoms with Gasteiger partial charge in [0.25, 0.3) is 0 Å². The van der Waals surface area contributed by atoms with Gasteiger partial charge in [0, 0.05) is 44.3 Å². The van der Waals surface area contributed by atoms with Crippen molar-refractivity contribution in [1.29, 1.82) is 0 Å². The van der Waals surface area contributed by atoms with E-state index in [1.807, 2.05) is 65.6 Å². The number of anilines is 1. The molecule has 0 aromatic heterocycles. The Kier molecular flexibility index (Phi) is 8.17. The van der Waals surface area contributed by atoms with Crippen LogP contribution in [0.5, 0.6) is 0 Å². The van der Waals surface area contributed by atoms with E-state index in [1.165, 1.54) is 0 Å². The molecular formula is C27H34N4O3. The average Bonchev–Trinajstić information content (AvgIpc) is 2.89. The summed E-state index contributed by atoms with van der Waals surface area (Å²) >= 11 is 0. The van der Waals surface area contributed by atoms with Gasteiger partial charge in [-0.25, -0.2) is 4.79 Å². The molecule has 4 rings (SSSR count). The van der Waals surface area contributed by atoms with Crippen LogP contribution in [0.15, 0.2) is 60.7 Å². The molecule has 2 aliphatic rings. The second-order valence-corrected chi connectivity index (χ2v) is 9.23. The molecule has 0 bridgehead atoms. The monoisotopic (exact) mass is 462 g/mol. The van der Waals surface area contributed by atoms with Crippen LogP contribution in [-0.2, 0) is 16.0 Å². The van der Waals surface area contributed by atoms with Gasteiger partial charge in [0.05, 0.1) is 5.92 Å². The van der Waals surface area contributed by atoms with Crippen LogP contribution in [0, 0.1) is 5.92 Å². The zero-order valence-electron chi connectivity index (χ0n) is 19.6. The summed E-state index contributed by atoms with van der Waals surface area (Å²) in [5.74, 6) is 0.0410. The predicted molar refractivity (Wildman–Crippen MR) is 132 cm³/mol. The quantitative estimate of drug-likeness (QED) is 0.687. The van der Waals surface area contributed by atoms with E-state index in [0.717, 1.165) is 43.4 Å². The first-order valence-electron chi connectivity index (χ1n) is 12.3. The lowest BCUT2D eigenvalue weighted by atomic mass is 9.95. The summed E-state index contributed by atoms with van der Waals surface area (Å²) in [6.45, 7) is 2.41. The minimum Gasteiger partial charge on any atom is -0.353 e. The second kappa shape index (κ2) is 11.7. The number of hydrogen-bond donors (Lipinski definition) is 2. The van der Waals surface area contributed by atoms with Gasteiger partial charge < -0.3 is 20.4 Å². The molecule has 2 heterocycles. The number of hydrogen-bond acceptors (Lipinski definition) is 3. The molecule has 7 nitrogen and oxygen atoms in total. The number of nitrogens with zero attached hydrogens (tertiary/aromatic N) is 2. The van der Waals surface area contributed by atoms with E-state index in [9.17, 15) is 14.4 Å². The van der Waals surface area contributed by atoms with Gasteiger partial charge in [-0.1, -0.05) is 48.5 Å². The fourth-order valence-corrected chi connectivity index (χ4v) is 4.79. The highest BCUT2D eigenvalue weighted by molar-refractivity contribution is 5.90. The number of para-hydroxylation sites is 1. The Hall–Kier alpha value is -3.35. The number of rotatable bonds is 6. The molecule has 2 aliphatic heterocycles. The number of likely N-dealkylation sites (tertiary alicyclic amines) is 2. The third-order valence-electron chi connectivity index (χ3n) is 6.74. The summed E-state index contributed by atoms with van der Waals surface area (Å²) in [6, 6.07) is 19.4. The lowest BCUT2D eigenvalue weighted by Crippen LogP contribution is -2.51. The van der Waals surface area contributed by atoms with Gasteiger partial charge in [-0.05, 0) is 49.8 Å². The van der Waals surface area contributed by atoms with Crippen LogP contribution in [-0.4, -0.2) is 59.9 Å². The molecule has 0 aliphatic carbocycles. The number of aryl methyl sites for hydroxylation is 1. The van der Waals surface area contributed by atoms with E-state index in [4.69, 9.17) is 0 Å². The molecule has 2 fully saturated rings. The minimum absolute atomic E-state index is 0.0704. The molecule has 2 saturated heterocycles. The summed E-state index contributed by atoms with van der Waals surface area (Å²) in [7, 11) is 0. The average molecular weight is 463 g/mol. The number of nitrogens with one attached hydrogen (secondary N) is 2. The van der Waals surface area contributed by atoms with E-state index < -0.39 is 0 Å². The Labute approximate surface area is 201 Å². The maximum atomic E-state index is 13.1. The predicted octanol–water partition coefficient (Wildman–Crippen LogP) is 3.67. The summed E-state index contributed by atoms with van der Waals surface area (Å²) in [5.41, 5.74) is 1.92. The first-order chi connectivity index (χ1) is 16.6. The summed E-state index contributed by atoms with van der Waals surface area (Å²) in [5, 5.41) is 6.05. The minimum atomic E-state index is -0.160. The van der Waals surface area contributed by atoms with Gasteiger partial charge in [0.15, 0.2) is 0 Å². The van der Waals surface area contributed by atoms with Crippen LogP contribution in [0.25, 0.3) is 0 Å². The third-order valence-corrected chi connectivity index (χ3v) is 6.74. The van der Waals surface area contributed by atoms with Gasteiger partial charge in [0.2, 0.25) is 11.8 Å². The fourth-order valence-electron chi connectivity index (χ4n) is 4.79. The SMILES string of the molecule is O=C(CCc1ccccc1)NC1CCN(C(=O)C2CCCN(C(=O)Nc3ccccc3)C2)CC1. The molecule has 2 N–H and O–H groups in total. The van der Waals surface area contributed by atoms with Crippen molar-refractivity contribution in [1.82, 2.24) is 15.1 Å². The van der Waals surface area contributed by atoms with Gasteiger partial charge in [-0.3, -0.25) is 9.59 Å². The Morgan fingerprint density at radius 2 is 1.50 bits per heavy atom. The smallest absolute Gasteiger partial charge is 0.321 e. The van der Waals surface area contributed by atoms with Crippen molar-refractivity contribution in [2.45, 2.75) is 44.6 Å². The topological polar surface area (TPSA) is 81.8 Å². The number of urea groups is 1. The Bertz CT molecular complexity index is 958. The van der Waals surface area contributed by atoms with Crippen LogP contribution in [0.2, 0.25) is 0 Å². The summed E-state index contributed by atoms with van der Waals surface area (Å²) < 4.78 is 0. The fraction of sp³-hybridized carbons (Fsp3) is 0.444. The molecule has 2 aromatic rings. The summed E-state index contributed by atoms with van der Waals surface area (Å²) in [6.07, 6.45) is 4.39. The normalized spacial score (nSPS) is 18.9. The van der Waals surface area contributed by atoms with Crippen LogP contribution in [0.4, 0.5) is 10.5 Å². The molecule has 1 unspecified atom stereocenters. The van der Waals surface area contributed by atoms with E-state index in [-0.39, 0.29) is 29.8 Å². The van der Waals surface area contributed by atoms with Crippen LogP contribution in [0.1, 0.15) is 37.7 Å². The van der Waals surface area contributed by atoms with E-state index in [2.05, 4.69) is 10.6 Å². The number of carbonyl (C=O) groups excluding carboxylic acids is 3. The van der Waals surface area contributed by atoms with E-state index in [0.29, 0.717) is 32.6 Å². The number of carbonyl (C=O) groups is 3. The molecule has 2 aromatic carbocycles. The van der Waals surface area contributed by atoms with Gasteiger partial charge in [-0.15, -0.1) is 0 Å². The maximum Gasteiger partial charge on any atom is 0.321 e. The molecule has 34 heavy (non-hydrogen) atoms. The van der Waals surface area contributed by atoms with Crippen molar-refractivity contribution in [2.24, 2.45) is 5.92 Å². The molecule has 7 heteroatoms. The van der Waals surface area contributed by atoms with Crippen LogP contribution >= 0.6 is 0 Å². The Balaban J connectivity index is 1.19. The van der Waals surface area contributed by atoms with Crippen molar-refractivity contribution < 1.29 is 14.4 Å². The number of amides is 4. The van der Waals surface area contributed by atoms with Crippen molar-refractivity contribution >= 4 is 23.5 Å². The lowest BCUT2D eigenvalue weighted by Gasteiger charge is -2.38. The first-order valence-corrected chi connectivity index (χ1v) is 12.3. The van der Waals surface area contributed by atoms with Crippen LogP contribution in [0.3, 0.4) is 0 Å². The number of benzene rings is 2. The van der Waals surface area contributed by atoms with Crippen LogP contribution < -0.4 is 10.6 Å². The van der Waals surface area contributed by atoms with Crippen molar-refractivity contribution in [3.63, 3.8) is 0 Å². The molecule has 180 valence electrons. The highest BCUT2D eigenvalue weighted by Gasteiger charge is 2.33. The lowest BCUT2D eigenvalue weighted by molar-refractivity contribution is -0.138. The third kappa shape index (κ3) is 6.59. The molecular weight excluding hydrogens is 428 g/mol. The summed E-state index contributed by atoms with van der Waals surface area (Å²) in [4.78, 5) is 41.8. The molecule has 1 atom stereocenters. The standard InChI is InChI=1S/C27H34N4O3/c32-25(14-13-21-8-3-1-4-9-21)28-24-15-18-30(19-16-24)26(33)22-10-7-17-31(20-22)27(34)29-23-11-5-2-6-12-23/h1-6,8-9,11-12,22,24H,7,10,13-20H2,(H,28,32)(H,29,34). The molecule has 0 radical (unpaired) electrons. The Morgan fingerprint density at radius 3 is 2.21 bits per heavy atom. The van der Waals surface area contributed by atoms with Gasteiger partial charge >= 0.3 is 6.03 Å². The van der Waals surface area contributed by atoms with E-state index in [1.54, 1.807) is 4.90 Å². The molecule has 0 saturated carbocycles. The van der Waals surface area contributed by atoms with Gasteiger partial charge in [-0.2, -0.15) is 0 Å². The Morgan fingerprint density at radius 1 is 0.824 bits per heavy atom. The highest BCUT2D eigenvalue weighted by atomic mass is 16.2. The highest BCUT2D eigenvalue weighted by Crippen LogP contribution is 2.22. The van der Waals surface area contributed by atoms with Gasteiger partial charge in [0.1, 0.15) is 0 Å². The second-order valence-electron chi connectivity index (χ2n) is 9.23. The zero-order valence-corrected chi connectivity index (χ0v) is 19.6. The zero-order chi connectivity index (χ0) is 23.8. The van der Waals surface area contributed by atoms with E-state index >= 15 is 0 Å². The number of piperidine rings is 2. The van der Waals surface area contributed by atoms with Crippen molar-refractivity contribution in [2.75, 3.05) is 31.5 Å². The maximum absolute atomic E-state index is 13.1. The molecule has 4 amide bonds. The van der Waals surface area contributed by atoms with Crippen molar-refractivity contribution in [3.05, 3.63) is 66.2 Å². The largest absolute Gasteiger partial charge is 0.353 e. The molecule has 0 spiro atoms. The first kappa shape index (κ1) is 23.8.